The van der Waals surface area contributed by atoms with E-state index in [4.69, 9.17) is 27.9 Å². The maximum atomic E-state index is 13.5. The summed E-state index contributed by atoms with van der Waals surface area (Å²) in [6.45, 7) is 6.84. The van der Waals surface area contributed by atoms with Crippen LogP contribution < -0.4 is 0 Å². The molecule has 0 aromatic heterocycles. The summed E-state index contributed by atoms with van der Waals surface area (Å²) in [5, 5.41) is 0.873. The second-order valence-corrected chi connectivity index (χ2v) is 9.40. The van der Waals surface area contributed by atoms with E-state index in [1.54, 1.807) is 18.2 Å². The van der Waals surface area contributed by atoms with Crippen LogP contribution in [0.5, 0.6) is 0 Å². The van der Waals surface area contributed by atoms with Crippen molar-refractivity contribution >= 4 is 40.6 Å². The van der Waals surface area contributed by atoms with Crippen LogP contribution in [0.4, 0.5) is 0 Å². The van der Waals surface area contributed by atoms with E-state index in [0.717, 1.165) is 32.4 Å². The number of hydrogen-bond acceptors (Lipinski definition) is 4. The smallest absolute Gasteiger partial charge is 0.277 e. The number of ether oxygens (including phenoxy) is 1. The van der Waals surface area contributed by atoms with Crippen LogP contribution in [0.3, 0.4) is 0 Å². The van der Waals surface area contributed by atoms with Crippen molar-refractivity contribution in [3.63, 3.8) is 0 Å². The van der Waals surface area contributed by atoms with E-state index in [2.05, 4.69) is 18.7 Å². The third-order valence-corrected chi connectivity index (χ3v) is 6.49. The summed E-state index contributed by atoms with van der Waals surface area (Å²) in [7, 11) is 0. The van der Waals surface area contributed by atoms with Gasteiger partial charge in [0.05, 0.1) is 23.2 Å². The maximum absolute atomic E-state index is 13.5. The highest BCUT2D eigenvalue weighted by molar-refractivity contribution is 6.41. The Morgan fingerprint density at radius 1 is 1.10 bits per heavy atom. The lowest BCUT2D eigenvalue weighted by Gasteiger charge is -2.37. The Morgan fingerprint density at radius 3 is 2.45 bits per heavy atom. The van der Waals surface area contributed by atoms with Gasteiger partial charge in [-0.2, -0.15) is 0 Å². The third-order valence-electron chi connectivity index (χ3n) is 5.94. The summed E-state index contributed by atoms with van der Waals surface area (Å²) in [5.74, 6) is 0.357. The molecule has 2 fully saturated rings. The molecule has 4 rings (SSSR count). The molecule has 0 spiro atoms. The van der Waals surface area contributed by atoms with Crippen molar-refractivity contribution in [2.24, 2.45) is 11.8 Å². The molecule has 3 heterocycles. The number of hydrogen-bond donors (Lipinski definition) is 0. The fourth-order valence-electron chi connectivity index (χ4n) is 4.79. The van der Waals surface area contributed by atoms with Crippen molar-refractivity contribution in [2.75, 3.05) is 26.2 Å². The summed E-state index contributed by atoms with van der Waals surface area (Å²) >= 11 is 12.5. The van der Waals surface area contributed by atoms with E-state index in [0.29, 0.717) is 45.3 Å². The molecule has 3 unspecified atom stereocenters. The number of rotatable bonds is 4. The molecule has 2 saturated heterocycles. The van der Waals surface area contributed by atoms with Crippen LogP contribution in [0, 0.1) is 11.8 Å². The molecule has 2 amide bonds. The number of carbonyl (C=O) groups is 2. The fourth-order valence-corrected chi connectivity index (χ4v) is 5.30. The Kier molecular flexibility index (Phi) is 5.92. The molecule has 5 nitrogen and oxygen atoms in total. The van der Waals surface area contributed by atoms with Gasteiger partial charge < -0.3 is 9.64 Å². The molecule has 0 bridgehead atoms. The Balaban J connectivity index is 1.76. The average Bonchev–Trinajstić information content (AvgIpc) is 3.23. The molecule has 3 aliphatic rings. The van der Waals surface area contributed by atoms with E-state index in [-0.39, 0.29) is 24.5 Å². The zero-order valence-electron chi connectivity index (χ0n) is 16.8. The minimum Gasteiger partial charge on any atom is -0.376 e. The molecule has 0 radical (unpaired) electrons. The van der Waals surface area contributed by atoms with Crippen LogP contribution in [-0.2, 0) is 14.3 Å². The highest BCUT2D eigenvalue weighted by Crippen LogP contribution is 2.38. The van der Waals surface area contributed by atoms with Crippen molar-refractivity contribution in [3.05, 3.63) is 39.5 Å². The molecule has 1 aromatic rings. The van der Waals surface area contributed by atoms with E-state index in [1.807, 2.05) is 0 Å². The quantitative estimate of drug-likeness (QED) is 0.662. The number of halogens is 2. The molecule has 7 heteroatoms. The molecule has 3 atom stereocenters. The van der Waals surface area contributed by atoms with Crippen LogP contribution in [0.1, 0.15) is 38.7 Å². The van der Waals surface area contributed by atoms with Crippen molar-refractivity contribution < 1.29 is 14.3 Å². The van der Waals surface area contributed by atoms with E-state index in [9.17, 15) is 9.59 Å². The number of nitrogens with zero attached hydrogens (tertiary/aromatic N) is 2. The predicted octanol–water partition coefficient (Wildman–Crippen LogP) is 4.23. The topological polar surface area (TPSA) is 49.9 Å². The van der Waals surface area contributed by atoms with Crippen molar-refractivity contribution in [2.45, 2.75) is 39.2 Å². The SMILES string of the molecule is CC1CC(C)CN(C2=C(c3ccc(Cl)cc3Cl)C(=O)N(CC3CCCO3)C2=O)C1. The Bertz CT molecular complexity index is 854. The number of likely N-dealkylation sites (tertiary alicyclic amines) is 1. The van der Waals surface area contributed by atoms with Gasteiger partial charge in [-0.15, -0.1) is 0 Å². The number of carbonyl (C=O) groups excluding carboxylic acids is 2. The zero-order valence-corrected chi connectivity index (χ0v) is 18.3. The van der Waals surface area contributed by atoms with Crippen LogP contribution in [0.2, 0.25) is 10.0 Å². The summed E-state index contributed by atoms with van der Waals surface area (Å²) < 4.78 is 5.69. The molecule has 0 saturated carbocycles. The van der Waals surface area contributed by atoms with Gasteiger partial charge in [0.25, 0.3) is 11.8 Å². The van der Waals surface area contributed by atoms with E-state index in [1.165, 1.54) is 4.90 Å². The molecule has 0 aliphatic carbocycles. The minimum absolute atomic E-state index is 0.0941. The van der Waals surface area contributed by atoms with Crippen molar-refractivity contribution in [1.29, 1.82) is 0 Å². The van der Waals surface area contributed by atoms with Crippen LogP contribution in [0.15, 0.2) is 23.9 Å². The first kappa shape index (κ1) is 20.7. The lowest BCUT2D eigenvalue weighted by Crippen LogP contribution is -2.43. The van der Waals surface area contributed by atoms with Crippen molar-refractivity contribution in [1.82, 2.24) is 9.80 Å². The summed E-state index contributed by atoms with van der Waals surface area (Å²) in [6.07, 6.45) is 2.84. The first-order chi connectivity index (χ1) is 13.8. The predicted molar refractivity (Wildman–Crippen MR) is 114 cm³/mol. The molecule has 0 N–H and O–H groups in total. The molecule has 29 heavy (non-hydrogen) atoms. The maximum Gasteiger partial charge on any atom is 0.277 e. The lowest BCUT2D eigenvalue weighted by molar-refractivity contribution is -0.139. The molecular formula is C22H26Cl2N2O3. The lowest BCUT2D eigenvalue weighted by atomic mass is 9.91. The standard InChI is InChI=1S/C22H26Cl2N2O3/c1-13-8-14(2)11-25(10-13)20-19(17-6-5-15(23)9-18(17)24)21(27)26(22(20)28)12-16-4-3-7-29-16/h5-6,9,13-14,16H,3-4,7-8,10-12H2,1-2H3. The molecular weight excluding hydrogens is 411 g/mol. The number of benzene rings is 1. The van der Waals surface area contributed by atoms with Crippen LogP contribution >= 0.6 is 23.2 Å². The Hall–Kier alpha value is -1.56. The van der Waals surface area contributed by atoms with Gasteiger partial charge >= 0.3 is 0 Å². The second kappa shape index (κ2) is 8.29. The number of imide groups is 1. The van der Waals surface area contributed by atoms with Gasteiger partial charge in [0, 0.05) is 30.3 Å². The third kappa shape index (κ3) is 4.05. The number of amides is 2. The van der Waals surface area contributed by atoms with Crippen LogP contribution in [-0.4, -0.2) is 54.0 Å². The van der Waals surface area contributed by atoms with Gasteiger partial charge in [-0.3, -0.25) is 14.5 Å². The van der Waals surface area contributed by atoms with E-state index >= 15 is 0 Å². The number of piperidine rings is 1. The molecule has 1 aromatic carbocycles. The second-order valence-electron chi connectivity index (χ2n) is 8.55. The highest BCUT2D eigenvalue weighted by Gasteiger charge is 2.44. The van der Waals surface area contributed by atoms with Gasteiger partial charge in [0.2, 0.25) is 0 Å². The van der Waals surface area contributed by atoms with Crippen LogP contribution in [0.25, 0.3) is 5.57 Å². The minimum atomic E-state index is -0.296. The Labute approximate surface area is 181 Å². The van der Waals surface area contributed by atoms with Gasteiger partial charge in [-0.25, -0.2) is 0 Å². The summed E-state index contributed by atoms with van der Waals surface area (Å²) in [4.78, 5) is 30.3. The van der Waals surface area contributed by atoms with Gasteiger partial charge in [0.15, 0.2) is 0 Å². The first-order valence-corrected chi connectivity index (χ1v) is 11.0. The summed E-state index contributed by atoms with van der Waals surface area (Å²) in [5.41, 5.74) is 1.41. The monoisotopic (exact) mass is 436 g/mol. The van der Waals surface area contributed by atoms with Crippen molar-refractivity contribution in [3.8, 4) is 0 Å². The van der Waals surface area contributed by atoms with Gasteiger partial charge in [-0.05, 0) is 43.2 Å². The van der Waals surface area contributed by atoms with E-state index < -0.39 is 0 Å². The fraction of sp³-hybridized carbons (Fsp3) is 0.545. The highest BCUT2D eigenvalue weighted by atomic mass is 35.5. The summed E-state index contributed by atoms with van der Waals surface area (Å²) in [6, 6.07) is 5.05. The normalized spacial score (nSPS) is 28.1. The molecule has 3 aliphatic heterocycles. The van der Waals surface area contributed by atoms with Gasteiger partial charge in [0.1, 0.15) is 5.70 Å². The Morgan fingerprint density at radius 2 is 1.83 bits per heavy atom. The average molecular weight is 437 g/mol. The van der Waals surface area contributed by atoms with Gasteiger partial charge in [-0.1, -0.05) is 43.1 Å². The first-order valence-electron chi connectivity index (χ1n) is 10.3. The largest absolute Gasteiger partial charge is 0.376 e. The zero-order chi connectivity index (χ0) is 20.7. The molecule has 156 valence electrons.